The van der Waals surface area contributed by atoms with E-state index >= 15 is 0 Å². The molecule has 0 aliphatic carbocycles. The molecule has 0 aliphatic heterocycles. The maximum Gasteiger partial charge on any atom is 0.234 e. The average molecular weight is 319 g/mol. The highest BCUT2D eigenvalue weighted by Crippen LogP contribution is 2.25. The van der Waals surface area contributed by atoms with Crippen LogP contribution in [0, 0.1) is 0 Å². The highest BCUT2D eigenvalue weighted by molar-refractivity contribution is 7.92. The molecule has 2 N–H and O–H groups in total. The number of anilines is 2. The van der Waals surface area contributed by atoms with Crippen LogP contribution in [0.4, 0.5) is 10.3 Å². The van der Waals surface area contributed by atoms with E-state index in [0.717, 1.165) is 27.5 Å². The molecule has 0 spiro atoms. The molecular weight excluding hydrogens is 308 g/mol. The number of hydrogen-bond donors (Lipinski definition) is 1. The summed E-state index contributed by atoms with van der Waals surface area (Å²) < 4.78 is 24.8. The Morgan fingerprint density at radius 3 is 2.42 bits per heavy atom. The number of nitrogen functional groups attached to an aromatic ring is 1. The van der Waals surface area contributed by atoms with Gasteiger partial charge in [0, 0.05) is 5.02 Å². The fraction of sp³-hybridized carbons (Fsp3) is 0.200. The van der Waals surface area contributed by atoms with Crippen molar-refractivity contribution >= 4 is 43.2 Å². The van der Waals surface area contributed by atoms with Crippen molar-refractivity contribution in [1.29, 1.82) is 0 Å². The second kappa shape index (κ2) is 5.32. The first-order chi connectivity index (χ1) is 8.86. The van der Waals surface area contributed by atoms with Crippen LogP contribution in [0.25, 0.3) is 0 Å². The van der Waals surface area contributed by atoms with E-state index < -0.39 is 10.0 Å². The molecule has 0 saturated carbocycles. The molecule has 0 radical (unpaired) electrons. The van der Waals surface area contributed by atoms with E-state index in [4.69, 9.17) is 17.3 Å². The minimum atomic E-state index is -3.46. The van der Waals surface area contributed by atoms with Crippen molar-refractivity contribution < 1.29 is 8.42 Å². The lowest BCUT2D eigenvalue weighted by Gasteiger charge is -2.18. The van der Waals surface area contributed by atoms with Gasteiger partial charge in [0.15, 0.2) is 0 Å². The van der Waals surface area contributed by atoms with Crippen molar-refractivity contribution in [2.75, 3.05) is 16.3 Å². The van der Waals surface area contributed by atoms with Crippen LogP contribution in [0.15, 0.2) is 24.3 Å². The third kappa shape index (κ3) is 3.55. The molecule has 102 valence electrons. The second-order valence-corrected chi connectivity index (χ2v) is 7.15. The molecule has 0 atom stereocenters. The van der Waals surface area contributed by atoms with Gasteiger partial charge in [-0.2, -0.15) is 0 Å². The van der Waals surface area contributed by atoms with E-state index in [1.807, 2.05) is 0 Å². The number of rotatable bonds is 4. The maximum atomic E-state index is 11.8. The minimum Gasteiger partial charge on any atom is -0.374 e. The van der Waals surface area contributed by atoms with Crippen molar-refractivity contribution in [2.45, 2.75) is 6.54 Å². The smallest absolute Gasteiger partial charge is 0.234 e. The average Bonchev–Trinajstić information content (AvgIpc) is 2.73. The van der Waals surface area contributed by atoms with Gasteiger partial charge in [0.1, 0.15) is 0 Å². The summed E-state index contributed by atoms with van der Waals surface area (Å²) in [4.78, 5) is 0. The summed E-state index contributed by atoms with van der Waals surface area (Å²) >= 11 is 6.81. The molecule has 19 heavy (non-hydrogen) atoms. The van der Waals surface area contributed by atoms with Gasteiger partial charge in [-0.3, -0.25) is 0 Å². The molecule has 1 aromatic heterocycles. The van der Waals surface area contributed by atoms with Gasteiger partial charge in [0.2, 0.25) is 20.3 Å². The van der Waals surface area contributed by atoms with Crippen LogP contribution in [-0.2, 0) is 16.6 Å². The Kier molecular flexibility index (Phi) is 3.93. The number of nitrogens with zero attached hydrogens (tertiary/aromatic N) is 3. The van der Waals surface area contributed by atoms with E-state index in [9.17, 15) is 8.42 Å². The molecule has 9 heteroatoms. The van der Waals surface area contributed by atoms with Crippen molar-refractivity contribution in [2.24, 2.45) is 0 Å². The largest absolute Gasteiger partial charge is 0.374 e. The zero-order valence-electron chi connectivity index (χ0n) is 9.95. The lowest BCUT2D eigenvalue weighted by Crippen LogP contribution is -2.29. The Morgan fingerprint density at radius 2 is 1.95 bits per heavy atom. The summed E-state index contributed by atoms with van der Waals surface area (Å²) in [6, 6.07) is 6.91. The fourth-order valence-corrected chi connectivity index (χ4v) is 3.27. The van der Waals surface area contributed by atoms with E-state index in [2.05, 4.69) is 10.2 Å². The highest BCUT2D eigenvalue weighted by Gasteiger charge is 2.21. The molecular formula is C10H11ClN4O2S2. The maximum absolute atomic E-state index is 11.8. The Hall–Kier alpha value is -1.38. The summed E-state index contributed by atoms with van der Waals surface area (Å²) in [6.07, 6.45) is 1.11. The molecule has 1 aromatic carbocycles. The van der Waals surface area contributed by atoms with E-state index in [0.29, 0.717) is 5.02 Å². The van der Waals surface area contributed by atoms with E-state index in [-0.39, 0.29) is 16.8 Å². The Balaban J connectivity index is 2.32. The zero-order chi connectivity index (χ0) is 14.0. The molecule has 0 fully saturated rings. The topological polar surface area (TPSA) is 89.2 Å². The van der Waals surface area contributed by atoms with Crippen LogP contribution in [0.1, 0.15) is 5.56 Å². The van der Waals surface area contributed by atoms with Crippen molar-refractivity contribution in [3.63, 3.8) is 0 Å². The monoisotopic (exact) mass is 318 g/mol. The molecule has 6 nitrogen and oxygen atoms in total. The van der Waals surface area contributed by atoms with E-state index in [1.54, 1.807) is 24.3 Å². The summed E-state index contributed by atoms with van der Waals surface area (Å²) in [5.74, 6) is 0. The molecule has 0 amide bonds. The number of nitrogens with two attached hydrogens (primary N) is 1. The van der Waals surface area contributed by atoms with Crippen LogP contribution in [0.3, 0.4) is 0 Å². The van der Waals surface area contributed by atoms with Crippen molar-refractivity contribution in [1.82, 2.24) is 10.2 Å². The minimum absolute atomic E-state index is 0.157. The number of hydrogen-bond acceptors (Lipinski definition) is 6. The number of sulfonamides is 1. The Bertz CT molecular complexity index is 669. The summed E-state index contributed by atoms with van der Waals surface area (Å²) in [6.45, 7) is 0.157. The zero-order valence-corrected chi connectivity index (χ0v) is 12.3. The molecule has 0 bridgehead atoms. The molecule has 0 aliphatic rings. The van der Waals surface area contributed by atoms with Gasteiger partial charge in [0.25, 0.3) is 0 Å². The van der Waals surface area contributed by atoms with Gasteiger partial charge >= 0.3 is 0 Å². The summed E-state index contributed by atoms with van der Waals surface area (Å²) in [5, 5.41) is 8.45. The molecule has 2 aromatic rings. The van der Waals surface area contributed by atoms with Gasteiger partial charge < -0.3 is 5.73 Å². The van der Waals surface area contributed by atoms with Gasteiger partial charge in [0.05, 0.1) is 12.8 Å². The number of benzene rings is 1. The SMILES string of the molecule is CS(=O)(=O)N(Cc1ccc(Cl)cc1)c1nnc(N)s1. The molecule has 1 heterocycles. The lowest BCUT2D eigenvalue weighted by molar-refractivity contribution is 0.596. The number of halogens is 1. The summed E-state index contributed by atoms with van der Waals surface area (Å²) in [7, 11) is -3.46. The normalized spacial score (nSPS) is 11.5. The van der Waals surface area contributed by atoms with Crippen LogP contribution >= 0.6 is 22.9 Å². The summed E-state index contributed by atoms with van der Waals surface area (Å²) in [5.41, 5.74) is 6.27. The Morgan fingerprint density at radius 1 is 1.32 bits per heavy atom. The lowest BCUT2D eigenvalue weighted by atomic mass is 10.2. The third-order valence-electron chi connectivity index (χ3n) is 2.28. The molecule has 0 saturated heterocycles. The first kappa shape index (κ1) is 14.0. The third-order valence-corrected chi connectivity index (χ3v) is 4.53. The van der Waals surface area contributed by atoms with Crippen LogP contribution in [0.5, 0.6) is 0 Å². The van der Waals surface area contributed by atoms with Crippen LogP contribution in [-0.4, -0.2) is 24.9 Å². The van der Waals surface area contributed by atoms with Crippen molar-refractivity contribution in [3.05, 3.63) is 34.9 Å². The first-order valence-electron chi connectivity index (χ1n) is 5.17. The second-order valence-electron chi connectivity index (χ2n) is 3.82. The molecule has 0 unspecified atom stereocenters. The van der Waals surface area contributed by atoms with Crippen molar-refractivity contribution in [3.8, 4) is 0 Å². The standard InChI is InChI=1S/C10H11ClN4O2S2/c1-19(16,17)15(10-14-13-9(12)18-10)6-7-2-4-8(11)5-3-7/h2-5H,6H2,1H3,(H2,12,13). The van der Waals surface area contributed by atoms with Gasteiger partial charge in [-0.1, -0.05) is 35.1 Å². The quantitative estimate of drug-likeness (QED) is 0.927. The van der Waals surface area contributed by atoms with Gasteiger partial charge in [-0.05, 0) is 17.7 Å². The fourth-order valence-electron chi connectivity index (χ4n) is 1.41. The van der Waals surface area contributed by atoms with Gasteiger partial charge in [-0.25, -0.2) is 12.7 Å². The number of aromatic nitrogens is 2. The first-order valence-corrected chi connectivity index (χ1v) is 8.21. The predicted octanol–water partition coefficient (Wildman–Crippen LogP) is 1.74. The van der Waals surface area contributed by atoms with E-state index in [1.165, 1.54) is 0 Å². The predicted molar refractivity (Wildman–Crippen MR) is 76.8 cm³/mol. The molecule has 2 rings (SSSR count). The van der Waals surface area contributed by atoms with Crippen LogP contribution in [0.2, 0.25) is 5.02 Å². The highest BCUT2D eigenvalue weighted by atomic mass is 35.5. The Labute approximate surface area is 119 Å². The van der Waals surface area contributed by atoms with Crippen LogP contribution < -0.4 is 10.0 Å². The van der Waals surface area contributed by atoms with Gasteiger partial charge in [-0.15, -0.1) is 10.2 Å².